The summed E-state index contributed by atoms with van der Waals surface area (Å²) in [5.41, 5.74) is 5.52. The minimum absolute atomic E-state index is 0.0305. The molecule has 0 aliphatic heterocycles. The van der Waals surface area contributed by atoms with Crippen LogP contribution < -0.4 is 10.5 Å². The molecule has 0 amide bonds. The van der Waals surface area contributed by atoms with Crippen molar-refractivity contribution in [1.82, 2.24) is 9.71 Å². The van der Waals surface area contributed by atoms with E-state index in [1.54, 1.807) is 17.8 Å². The monoisotopic (exact) mass is 275 g/mol. The molecular weight excluding hydrogens is 258 g/mol. The van der Waals surface area contributed by atoms with Crippen molar-refractivity contribution < 1.29 is 8.42 Å². The SMILES string of the molecule is CCSCCCNS(=O)(=O)c1cccnc1N. The molecule has 0 saturated carbocycles. The molecule has 5 nitrogen and oxygen atoms in total. The summed E-state index contributed by atoms with van der Waals surface area (Å²) >= 11 is 1.79. The molecule has 0 spiro atoms. The third-order valence-corrected chi connectivity index (χ3v) is 4.54. The van der Waals surface area contributed by atoms with Crippen molar-refractivity contribution in [3.8, 4) is 0 Å². The van der Waals surface area contributed by atoms with Crippen LogP contribution in [0.2, 0.25) is 0 Å². The smallest absolute Gasteiger partial charge is 0.244 e. The standard InChI is InChI=1S/C10H17N3O2S2/c1-2-16-8-4-7-13-17(14,15)9-5-3-6-12-10(9)11/h3,5-6,13H,2,4,7-8H2,1H3,(H2,11,12). The highest BCUT2D eigenvalue weighted by Crippen LogP contribution is 2.14. The van der Waals surface area contributed by atoms with Crippen LogP contribution in [0.5, 0.6) is 0 Å². The molecule has 0 saturated heterocycles. The van der Waals surface area contributed by atoms with Gasteiger partial charge in [-0.1, -0.05) is 6.92 Å². The van der Waals surface area contributed by atoms with E-state index in [1.165, 1.54) is 12.3 Å². The van der Waals surface area contributed by atoms with E-state index in [0.29, 0.717) is 6.54 Å². The first-order valence-corrected chi connectivity index (χ1v) is 7.99. The Labute approximate surface area is 106 Å². The molecule has 0 fully saturated rings. The van der Waals surface area contributed by atoms with E-state index in [4.69, 9.17) is 5.73 Å². The summed E-state index contributed by atoms with van der Waals surface area (Å²) in [6.45, 7) is 2.49. The van der Waals surface area contributed by atoms with E-state index in [9.17, 15) is 8.42 Å². The lowest BCUT2D eigenvalue weighted by atomic mass is 10.5. The van der Waals surface area contributed by atoms with Gasteiger partial charge in [0.15, 0.2) is 0 Å². The van der Waals surface area contributed by atoms with Crippen LogP contribution in [-0.4, -0.2) is 31.5 Å². The summed E-state index contributed by atoms with van der Waals surface area (Å²) < 4.78 is 26.2. The van der Waals surface area contributed by atoms with Gasteiger partial charge in [-0.15, -0.1) is 0 Å². The molecule has 0 aliphatic carbocycles. The summed E-state index contributed by atoms with van der Waals surface area (Å²) in [7, 11) is -3.52. The van der Waals surface area contributed by atoms with E-state index in [1.807, 2.05) is 0 Å². The van der Waals surface area contributed by atoms with Gasteiger partial charge in [-0.25, -0.2) is 18.1 Å². The number of thioether (sulfide) groups is 1. The van der Waals surface area contributed by atoms with Crippen LogP contribution in [0.1, 0.15) is 13.3 Å². The lowest BCUT2D eigenvalue weighted by Gasteiger charge is -2.07. The number of nitrogens with one attached hydrogen (secondary N) is 1. The first kappa shape index (κ1) is 14.3. The van der Waals surface area contributed by atoms with Gasteiger partial charge in [-0.3, -0.25) is 0 Å². The molecule has 0 unspecified atom stereocenters. The van der Waals surface area contributed by atoms with Crippen molar-refractivity contribution in [2.45, 2.75) is 18.2 Å². The number of sulfonamides is 1. The molecule has 1 aromatic heterocycles. The lowest BCUT2D eigenvalue weighted by molar-refractivity contribution is 0.581. The van der Waals surface area contributed by atoms with E-state index in [2.05, 4.69) is 16.6 Å². The minimum Gasteiger partial charge on any atom is -0.383 e. The van der Waals surface area contributed by atoms with Crippen LogP contribution >= 0.6 is 11.8 Å². The fraction of sp³-hybridized carbons (Fsp3) is 0.500. The summed E-state index contributed by atoms with van der Waals surface area (Å²) in [5, 5.41) is 0. The Kier molecular flexibility index (Phi) is 5.73. The summed E-state index contributed by atoms with van der Waals surface area (Å²) in [4.78, 5) is 3.80. The third kappa shape index (κ3) is 4.53. The summed E-state index contributed by atoms with van der Waals surface area (Å²) in [6, 6.07) is 3.00. The molecular formula is C10H17N3O2S2. The predicted molar refractivity (Wildman–Crippen MR) is 71.5 cm³/mol. The maximum atomic E-state index is 11.8. The molecule has 96 valence electrons. The van der Waals surface area contributed by atoms with E-state index in [-0.39, 0.29) is 10.7 Å². The molecule has 1 rings (SSSR count). The number of rotatable bonds is 7. The van der Waals surface area contributed by atoms with Crippen LogP contribution in [0.15, 0.2) is 23.2 Å². The Bertz CT molecular complexity index is 449. The highest BCUT2D eigenvalue weighted by molar-refractivity contribution is 7.99. The number of hydrogen-bond acceptors (Lipinski definition) is 5. The average Bonchev–Trinajstić information content (AvgIpc) is 2.29. The van der Waals surface area contributed by atoms with E-state index in [0.717, 1.165) is 17.9 Å². The minimum atomic E-state index is -3.52. The largest absolute Gasteiger partial charge is 0.383 e. The van der Waals surface area contributed by atoms with Crippen LogP contribution in [0, 0.1) is 0 Å². The Balaban J connectivity index is 2.55. The molecule has 0 radical (unpaired) electrons. The van der Waals surface area contributed by atoms with Crippen LogP contribution in [0.4, 0.5) is 5.82 Å². The number of anilines is 1. The Hall–Kier alpha value is -0.790. The number of hydrogen-bond donors (Lipinski definition) is 2. The number of nitrogens with two attached hydrogens (primary N) is 1. The second-order valence-corrected chi connectivity index (χ2v) is 6.46. The molecule has 17 heavy (non-hydrogen) atoms. The number of nitrogens with zero attached hydrogens (tertiary/aromatic N) is 1. The quantitative estimate of drug-likeness (QED) is 0.727. The van der Waals surface area contributed by atoms with Crippen molar-refractivity contribution in [3.05, 3.63) is 18.3 Å². The molecule has 0 bridgehead atoms. The third-order valence-electron chi connectivity index (χ3n) is 2.05. The van der Waals surface area contributed by atoms with Gasteiger partial charge in [0.05, 0.1) is 0 Å². The molecule has 0 aromatic carbocycles. The van der Waals surface area contributed by atoms with Crippen molar-refractivity contribution >= 4 is 27.6 Å². The maximum Gasteiger partial charge on any atom is 0.244 e. The fourth-order valence-corrected chi connectivity index (χ4v) is 3.02. The van der Waals surface area contributed by atoms with Crippen molar-refractivity contribution in [1.29, 1.82) is 0 Å². The molecule has 3 N–H and O–H groups in total. The Morgan fingerprint density at radius 1 is 1.53 bits per heavy atom. The maximum absolute atomic E-state index is 11.8. The van der Waals surface area contributed by atoms with Crippen molar-refractivity contribution in [2.24, 2.45) is 0 Å². The van der Waals surface area contributed by atoms with Gasteiger partial charge < -0.3 is 5.73 Å². The molecule has 7 heteroatoms. The highest BCUT2D eigenvalue weighted by Gasteiger charge is 2.16. The van der Waals surface area contributed by atoms with Gasteiger partial charge in [0.25, 0.3) is 0 Å². The molecule has 0 aliphatic rings. The summed E-state index contributed by atoms with van der Waals surface area (Å²) in [6.07, 6.45) is 2.27. The van der Waals surface area contributed by atoms with Gasteiger partial charge in [0.1, 0.15) is 10.7 Å². The molecule has 0 atom stereocenters. The van der Waals surface area contributed by atoms with E-state index < -0.39 is 10.0 Å². The number of aromatic nitrogens is 1. The van der Waals surface area contributed by atoms with Gasteiger partial charge in [-0.05, 0) is 30.1 Å². The average molecular weight is 275 g/mol. The molecule has 1 heterocycles. The van der Waals surface area contributed by atoms with E-state index >= 15 is 0 Å². The fourth-order valence-electron chi connectivity index (χ4n) is 1.23. The van der Waals surface area contributed by atoms with Crippen LogP contribution in [0.25, 0.3) is 0 Å². The second-order valence-electron chi connectivity index (χ2n) is 3.34. The van der Waals surface area contributed by atoms with Gasteiger partial charge in [0.2, 0.25) is 10.0 Å². The Morgan fingerprint density at radius 2 is 2.29 bits per heavy atom. The van der Waals surface area contributed by atoms with Crippen LogP contribution in [0.3, 0.4) is 0 Å². The Morgan fingerprint density at radius 3 is 2.94 bits per heavy atom. The number of pyridine rings is 1. The lowest BCUT2D eigenvalue weighted by Crippen LogP contribution is -2.26. The topological polar surface area (TPSA) is 85.1 Å². The van der Waals surface area contributed by atoms with Crippen molar-refractivity contribution in [2.75, 3.05) is 23.8 Å². The predicted octanol–water partition coefficient (Wildman–Crippen LogP) is 1.09. The zero-order valence-electron chi connectivity index (χ0n) is 9.72. The normalized spacial score (nSPS) is 11.6. The first-order chi connectivity index (χ1) is 8.08. The zero-order chi connectivity index (χ0) is 12.7. The summed E-state index contributed by atoms with van der Waals surface area (Å²) in [5.74, 6) is 2.02. The second kappa shape index (κ2) is 6.83. The zero-order valence-corrected chi connectivity index (χ0v) is 11.4. The van der Waals surface area contributed by atoms with Crippen molar-refractivity contribution in [3.63, 3.8) is 0 Å². The first-order valence-electron chi connectivity index (χ1n) is 5.36. The van der Waals surface area contributed by atoms with Gasteiger partial charge in [-0.2, -0.15) is 11.8 Å². The highest BCUT2D eigenvalue weighted by atomic mass is 32.2. The van der Waals surface area contributed by atoms with Gasteiger partial charge in [0, 0.05) is 12.7 Å². The number of nitrogen functional groups attached to an aromatic ring is 1. The van der Waals surface area contributed by atoms with Gasteiger partial charge >= 0.3 is 0 Å². The van der Waals surface area contributed by atoms with Crippen LogP contribution in [-0.2, 0) is 10.0 Å². The molecule has 1 aromatic rings.